The highest BCUT2D eigenvalue weighted by Gasteiger charge is 2.50. The minimum Gasteiger partial charge on any atom is -0.374 e. The van der Waals surface area contributed by atoms with Gasteiger partial charge in [0.15, 0.2) is 6.29 Å². The van der Waals surface area contributed by atoms with E-state index in [1.807, 2.05) is 152 Å². The molecule has 0 aromatic heterocycles. The van der Waals surface area contributed by atoms with Crippen LogP contribution in [0.1, 0.15) is 179 Å². The summed E-state index contributed by atoms with van der Waals surface area (Å²) >= 11 is 0. The molecule has 3 unspecified atom stereocenters. The summed E-state index contributed by atoms with van der Waals surface area (Å²) in [5.74, 6) is -0.142. The Morgan fingerprint density at radius 2 is 0.819 bits per heavy atom. The van der Waals surface area contributed by atoms with Gasteiger partial charge in [0.1, 0.15) is 30.5 Å². The Bertz CT molecular complexity index is 3020. The first-order chi connectivity index (χ1) is 46.5. The van der Waals surface area contributed by atoms with Gasteiger partial charge in [-0.05, 0) is 64.8 Å². The second kappa shape index (κ2) is 44.8. The molecule has 7 aromatic rings. The molecule has 1 aliphatic rings. The molecule has 0 bridgehead atoms. The second-order valence-electron chi connectivity index (χ2n) is 25.1. The molecule has 2 amide bonds. The van der Waals surface area contributed by atoms with Crippen molar-refractivity contribution in [3.8, 4) is 0 Å². The Balaban J connectivity index is 1.07. The quantitative estimate of drug-likeness (QED) is 0.0355. The van der Waals surface area contributed by atoms with Gasteiger partial charge in [0.25, 0.3) is 5.91 Å². The van der Waals surface area contributed by atoms with Crippen molar-refractivity contribution in [1.29, 1.82) is 0 Å². The maximum atomic E-state index is 14.8. The molecule has 1 fully saturated rings. The van der Waals surface area contributed by atoms with Crippen LogP contribution >= 0.6 is 0 Å². The van der Waals surface area contributed by atoms with E-state index < -0.39 is 49.0 Å². The van der Waals surface area contributed by atoms with Crippen LogP contribution in [0.5, 0.6) is 0 Å². The topological polar surface area (TPSA) is 132 Å². The van der Waals surface area contributed by atoms with Gasteiger partial charge >= 0.3 is 0 Å². The van der Waals surface area contributed by atoms with Crippen molar-refractivity contribution in [1.82, 2.24) is 10.6 Å². The van der Waals surface area contributed by atoms with E-state index in [4.69, 9.17) is 37.9 Å². The molecule has 8 rings (SSSR count). The summed E-state index contributed by atoms with van der Waals surface area (Å²) in [5.41, 5.74) is 6.73. The molecule has 1 aliphatic heterocycles. The standard InChI is InChI=1S/C82H106N2O10/c1-2-3-4-5-6-7-8-9-10-11-14-38-55-74(88-59-67-43-26-18-27-44-67)77(89-60-68-45-28-19-29-46-68)73(84-76(85)56-39-15-12-13-16-40-57-83-81(86)72-53-36-23-37-54-72)64-93-82-80(92-63-71-51-34-22-35-52-71)79(91-62-70-49-32-21-33-50-70)78(90-61-69-47-30-20-31-48-69)75(94-82)65-87-58-66-41-24-17-25-42-66/h17-37,41-54,73-75,77-80,82H,2-16,38-40,55-65H2,1H3,(H,83,86)(H,84,85)/t73?,74?,75-,77?,78+,79+,80-,82+/m1/s1. The van der Waals surface area contributed by atoms with E-state index in [9.17, 15) is 9.59 Å². The minimum atomic E-state index is -1.03. The van der Waals surface area contributed by atoms with E-state index in [1.54, 1.807) is 0 Å². The zero-order valence-electron chi connectivity index (χ0n) is 55.9. The number of carbonyl (C=O) groups excluding carboxylic acids is 2. The summed E-state index contributed by atoms with van der Waals surface area (Å²) in [6, 6.07) is 69.6. The SMILES string of the molecule is CCCCCCCCCCCCCCC(OCc1ccccc1)C(OCc1ccccc1)C(CO[C@H]1O[C@H](COCc2ccccc2)[C@H](OCc2ccccc2)[C@H](OCc2ccccc2)[C@H]1OCc1ccccc1)NC(=O)CCCCCCCCNC(=O)c1ccccc1. The monoisotopic (exact) mass is 1280 g/mol. The Hall–Kier alpha value is -6.84. The average molecular weight is 1280 g/mol. The molecule has 12 nitrogen and oxygen atoms in total. The Kier molecular flexibility index (Phi) is 34.7. The number of rotatable bonds is 48. The fraction of sp³-hybridized carbons (Fsp3) is 0.463. The number of unbranched alkanes of at least 4 members (excludes halogenated alkanes) is 16. The van der Waals surface area contributed by atoms with E-state index in [-0.39, 0.29) is 44.8 Å². The highest BCUT2D eigenvalue weighted by Crippen LogP contribution is 2.33. The van der Waals surface area contributed by atoms with Gasteiger partial charge in [0.2, 0.25) is 5.91 Å². The molecular formula is C82H106N2O10. The van der Waals surface area contributed by atoms with E-state index in [2.05, 4.69) is 78.2 Å². The molecule has 0 aliphatic carbocycles. The van der Waals surface area contributed by atoms with Crippen LogP contribution in [0.4, 0.5) is 0 Å². The van der Waals surface area contributed by atoms with Gasteiger partial charge in [0, 0.05) is 18.5 Å². The third-order valence-electron chi connectivity index (χ3n) is 17.5. The number of carbonyl (C=O) groups is 2. The summed E-state index contributed by atoms with van der Waals surface area (Å²) in [6.07, 6.45) is 16.3. The molecule has 7 aromatic carbocycles. The largest absolute Gasteiger partial charge is 0.374 e. The summed E-state index contributed by atoms with van der Waals surface area (Å²) in [6.45, 7) is 4.86. The number of hydrogen-bond acceptors (Lipinski definition) is 10. The van der Waals surface area contributed by atoms with Crippen molar-refractivity contribution in [2.24, 2.45) is 0 Å². The number of ether oxygens (including phenoxy) is 8. The normalized spacial score (nSPS) is 17.3. The molecule has 94 heavy (non-hydrogen) atoms. The fourth-order valence-corrected chi connectivity index (χ4v) is 12.1. The summed E-state index contributed by atoms with van der Waals surface area (Å²) < 4.78 is 56.8. The molecule has 8 atom stereocenters. The summed E-state index contributed by atoms with van der Waals surface area (Å²) in [5, 5.41) is 6.57. The molecule has 2 N–H and O–H groups in total. The highest BCUT2D eigenvalue weighted by molar-refractivity contribution is 5.94. The Labute approximate surface area is 562 Å². The Morgan fingerprint density at radius 1 is 0.415 bits per heavy atom. The third kappa shape index (κ3) is 27.9. The molecule has 0 radical (unpaired) electrons. The van der Waals surface area contributed by atoms with E-state index in [1.165, 1.54) is 57.8 Å². The van der Waals surface area contributed by atoms with Crippen molar-refractivity contribution in [3.63, 3.8) is 0 Å². The van der Waals surface area contributed by atoms with Crippen molar-refractivity contribution >= 4 is 11.8 Å². The van der Waals surface area contributed by atoms with Crippen LogP contribution < -0.4 is 10.6 Å². The van der Waals surface area contributed by atoms with Crippen LogP contribution in [0, 0.1) is 0 Å². The van der Waals surface area contributed by atoms with Crippen molar-refractivity contribution in [3.05, 3.63) is 251 Å². The predicted molar refractivity (Wildman–Crippen MR) is 375 cm³/mol. The van der Waals surface area contributed by atoms with Gasteiger partial charge in [0.05, 0.1) is 65.0 Å². The van der Waals surface area contributed by atoms with Crippen LogP contribution in [0.15, 0.2) is 212 Å². The van der Waals surface area contributed by atoms with Crippen LogP contribution in [-0.2, 0) is 82.3 Å². The lowest BCUT2D eigenvalue weighted by atomic mass is 9.97. The van der Waals surface area contributed by atoms with Crippen LogP contribution in [0.25, 0.3) is 0 Å². The number of benzene rings is 7. The molecule has 0 spiro atoms. The zero-order valence-corrected chi connectivity index (χ0v) is 55.9. The smallest absolute Gasteiger partial charge is 0.251 e. The lowest BCUT2D eigenvalue weighted by Gasteiger charge is -2.46. The van der Waals surface area contributed by atoms with E-state index >= 15 is 0 Å². The van der Waals surface area contributed by atoms with Gasteiger partial charge in [-0.25, -0.2) is 0 Å². The van der Waals surface area contributed by atoms with Gasteiger partial charge in [-0.3, -0.25) is 9.59 Å². The lowest BCUT2D eigenvalue weighted by Crippen LogP contribution is -2.62. The average Bonchev–Trinajstić information content (AvgIpc) is 0.798. The first-order valence-corrected chi connectivity index (χ1v) is 35.3. The van der Waals surface area contributed by atoms with Gasteiger partial charge in [-0.15, -0.1) is 0 Å². The number of hydrogen-bond donors (Lipinski definition) is 2. The van der Waals surface area contributed by atoms with Crippen LogP contribution in [0.2, 0.25) is 0 Å². The van der Waals surface area contributed by atoms with Crippen molar-refractivity contribution in [2.75, 3.05) is 19.8 Å². The summed E-state index contributed by atoms with van der Waals surface area (Å²) in [7, 11) is 0. The first-order valence-electron chi connectivity index (χ1n) is 35.3. The van der Waals surface area contributed by atoms with Crippen LogP contribution in [-0.4, -0.2) is 80.5 Å². The van der Waals surface area contributed by atoms with Crippen molar-refractivity contribution < 1.29 is 47.5 Å². The highest BCUT2D eigenvalue weighted by atomic mass is 16.7. The summed E-state index contributed by atoms with van der Waals surface area (Å²) in [4.78, 5) is 27.4. The number of nitrogens with one attached hydrogen (secondary N) is 2. The Morgan fingerprint density at radius 3 is 1.32 bits per heavy atom. The number of amides is 2. The van der Waals surface area contributed by atoms with Crippen LogP contribution in [0.3, 0.4) is 0 Å². The van der Waals surface area contributed by atoms with E-state index in [0.29, 0.717) is 51.2 Å². The maximum absolute atomic E-state index is 14.8. The fourth-order valence-electron chi connectivity index (χ4n) is 12.1. The molecule has 504 valence electrons. The molecule has 1 saturated heterocycles. The zero-order chi connectivity index (χ0) is 65.1. The molecular weight excluding hydrogens is 1170 g/mol. The van der Waals surface area contributed by atoms with E-state index in [0.717, 1.165) is 84.7 Å². The molecule has 0 saturated carbocycles. The van der Waals surface area contributed by atoms with Gasteiger partial charge in [-0.2, -0.15) is 0 Å². The van der Waals surface area contributed by atoms with Gasteiger partial charge < -0.3 is 48.5 Å². The maximum Gasteiger partial charge on any atom is 0.251 e. The third-order valence-corrected chi connectivity index (χ3v) is 17.5. The lowest BCUT2D eigenvalue weighted by molar-refractivity contribution is -0.330. The minimum absolute atomic E-state index is 0.00987. The van der Waals surface area contributed by atoms with Gasteiger partial charge in [-0.1, -0.05) is 310 Å². The van der Waals surface area contributed by atoms with Crippen molar-refractivity contribution in [2.45, 2.75) is 224 Å². The first kappa shape index (κ1) is 73.0. The second-order valence-corrected chi connectivity index (χ2v) is 25.1. The predicted octanol–water partition coefficient (Wildman–Crippen LogP) is 17.6. The molecule has 1 heterocycles. The molecule has 12 heteroatoms.